The van der Waals surface area contributed by atoms with Gasteiger partial charge in [-0.2, -0.15) is 0 Å². The Balaban J connectivity index is 0.00000300. The number of furan rings is 1. The van der Waals surface area contributed by atoms with Crippen LogP contribution < -0.4 is 15.4 Å². The van der Waals surface area contributed by atoms with E-state index in [2.05, 4.69) is 40.7 Å². The molecule has 0 amide bonds. The van der Waals surface area contributed by atoms with E-state index in [1.54, 1.807) is 7.05 Å². The zero-order valence-electron chi connectivity index (χ0n) is 17.7. The molecule has 1 aromatic heterocycles. The molecule has 1 fully saturated rings. The van der Waals surface area contributed by atoms with Crippen molar-refractivity contribution in [1.82, 2.24) is 10.6 Å². The Kier molecular flexibility index (Phi) is 9.29. The Bertz CT molecular complexity index is 814. The molecule has 1 unspecified atom stereocenters. The quantitative estimate of drug-likeness (QED) is 0.332. The van der Waals surface area contributed by atoms with Crippen molar-refractivity contribution in [2.45, 2.75) is 40.3 Å². The maximum atomic E-state index is 6.12. The molecule has 1 aliphatic rings. The van der Waals surface area contributed by atoms with Gasteiger partial charge in [0.1, 0.15) is 17.3 Å². The molecule has 3 rings (SSSR count). The van der Waals surface area contributed by atoms with E-state index >= 15 is 0 Å². The van der Waals surface area contributed by atoms with Crippen LogP contribution in [-0.2, 0) is 17.8 Å². The highest BCUT2D eigenvalue weighted by molar-refractivity contribution is 14.0. The maximum Gasteiger partial charge on any atom is 0.191 e. The number of hydrogen-bond donors (Lipinski definition) is 2. The molecule has 1 aromatic carbocycles. The third-order valence-corrected chi connectivity index (χ3v) is 4.98. The summed E-state index contributed by atoms with van der Waals surface area (Å²) < 4.78 is 17.1. The van der Waals surface area contributed by atoms with Gasteiger partial charge in [0.25, 0.3) is 0 Å². The third kappa shape index (κ3) is 6.92. The Labute approximate surface area is 190 Å². The summed E-state index contributed by atoms with van der Waals surface area (Å²) in [6.07, 6.45) is 1.07. The van der Waals surface area contributed by atoms with Crippen molar-refractivity contribution >= 4 is 29.9 Å². The highest BCUT2D eigenvalue weighted by Crippen LogP contribution is 2.22. The maximum absolute atomic E-state index is 6.12. The zero-order chi connectivity index (χ0) is 19.9. The largest absolute Gasteiger partial charge is 0.493 e. The molecule has 7 heteroatoms. The molecule has 2 aromatic rings. The highest BCUT2D eigenvalue weighted by atomic mass is 127. The standard InChI is InChI=1S/C22H31N3O3.HI/c1-15-5-6-19(21(9-15)27-14-18-7-8-26-13-18)11-24-22(23-4)25-12-20-10-16(2)28-17(20)3;/h5-6,9-10,18H,7-8,11-14H2,1-4H3,(H2,23,24,25);1H. The average Bonchev–Trinajstić information content (AvgIpc) is 3.30. The first-order chi connectivity index (χ1) is 13.5. The van der Waals surface area contributed by atoms with Crippen LogP contribution in [0.3, 0.4) is 0 Å². The molecule has 0 spiro atoms. The van der Waals surface area contributed by atoms with E-state index in [-0.39, 0.29) is 24.0 Å². The summed E-state index contributed by atoms with van der Waals surface area (Å²) in [5, 5.41) is 6.71. The van der Waals surface area contributed by atoms with E-state index in [1.165, 1.54) is 5.56 Å². The number of halogens is 1. The minimum atomic E-state index is 0. The van der Waals surface area contributed by atoms with Gasteiger partial charge in [-0.15, -0.1) is 24.0 Å². The number of guanidine groups is 1. The summed E-state index contributed by atoms with van der Waals surface area (Å²) >= 11 is 0. The Morgan fingerprint density at radius 1 is 1.14 bits per heavy atom. The van der Waals surface area contributed by atoms with E-state index in [9.17, 15) is 0 Å². The molecule has 1 aliphatic heterocycles. The van der Waals surface area contributed by atoms with Crippen molar-refractivity contribution in [2.75, 3.05) is 26.9 Å². The van der Waals surface area contributed by atoms with Crippen LogP contribution in [0.15, 0.2) is 33.7 Å². The van der Waals surface area contributed by atoms with Gasteiger partial charge in [0.2, 0.25) is 0 Å². The summed E-state index contributed by atoms with van der Waals surface area (Å²) in [7, 11) is 1.77. The van der Waals surface area contributed by atoms with E-state index in [1.807, 2.05) is 19.9 Å². The van der Waals surface area contributed by atoms with E-state index in [4.69, 9.17) is 13.9 Å². The second-order valence-corrected chi connectivity index (χ2v) is 7.37. The number of rotatable bonds is 7. The normalized spacial score (nSPS) is 16.4. The molecule has 0 bridgehead atoms. The van der Waals surface area contributed by atoms with Crippen LogP contribution in [0.5, 0.6) is 5.75 Å². The van der Waals surface area contributed by atoms with E-state index in [0.717, 1.165) is 54.0 Å². The predicted octanol–water partition coefficient (Wildman–Crippen LogP) is 4.10. The Morgan fingerprint density at radius 2 is 1.90 bits per heavy atom. The number of aliphatic imine (C=N–C) groups is 1. The van der Waals surface area contributed by atoms with Gasteiger partial charge in [0.05, 0.1) is 13.2 Å². The van der Waals surface area contributed by atoms with Crippen LogP contribution in [0, 0.1) is 26.7 Å². The molecule has 2 N–H and O–H groups in total. The number of benzene rings is 1. The molecule has 2 heterocycles. The first-order valence-corrected chi connectivity index (χ1v) is 9.85. The van der Waals surface area contributed by atoms with E-state index < -0.39 is 0 Å². The van der Waals surface area contributed by atoms with Crippen LogP contribution in [0.2, 0.25) is 0 Å². The van der Waals surface area contributed by atoms with Gasteiger partial charge in [-0.25, -0.2) is 0 Å². The average molecular weight is 513 g/mol. The molecule has 0 saturated carbocycles. The van der Waals surface area contributed by atoms with Crippen molar-refractivity contribution in [3.05, 3.63) is 52.5 Å². The fraction of sp³-hybridized carbons (Fsp3) is 0.500. The monoisotopic (exact) mass is 513 g/mol. The smallest absolute Gasteiger partial charge is 0.191 e. The first kappa shape index (κ1) is 23.5. The lowest BCUT2D eigenvalue weighted by Gasteiger charge is -2.17. The molecular formula is C22H32IN3O3. The van der Waals surface area contributed by atoms with Crippen molar-refractivity contribution in [1.29, 1.82) is 0 Å². The van der Waals surface area contributed by atoms with Crippen molar-refractivity contribution < 1.29 is 13.9 Å². The van der Waals surface area contributed by atoms with Crippen LogP contribution >= 0.6 is 24.0 Å². The second-order valence-electron chi connectivity index (χ2n) is 7.37. The predicted molar refractivity (Wildman–Crippen MR) is 126 cm³/mol. The lowest BCUT2D eigenvalue weighted by atomic mass is 10.1. The van der Waals surface area contributed by atoms with Gasteiger partial charge in [0, 0.05) is 43.8 Å². The Morgan fingerprint density at radius 3 is 2.52 bits per heavy atom. The summed E-state index contributed by atoms with van der Waals surface area (Å²) in [5.41, 5.74) is 3.44. The number of ether oxygens (including phenoxy) is 2. The lowest BCUT2D eigenvalue weighted by Crippen LogP contribution is -2.36. The van der Waals surface area contributed by atoms with Gasteiger partial charge in [-0.1, -0.05) is 12.1 Å². The number of hydrogen-bond acceptors (Lipinski definition) is 4. The molecule has 1 atom stereocenters. The van der Waals surface area contributed by atoms with Gasteiger partial charge in [0.15, 0.2) is 5.96 Å². The van der Waals surface area contributed by atoms with Crippen LogP contribution in [0.1, 0.15) is 34.6 Å². The SMILES string of the molecule is CN=C(NCc1ccc(C)cc1OCC1CCOC1)NCc1cc(C)oc1C.I. The fourth-order valence-electron chi connectivity index (χ4n) is 3.30. The van der Waals surface area contributed by atoms with Crippen LogP contribution in [0.25, 0.3) is 0 Å². The van der Waals surface area contributed by atoms with Crippen molar-refractivity contribution in [2.24, 2.45) is 10.9 Å². The minimum Gasteiger partial charge on any atom is -0.493 e. The molecular weight excluding hydrogens is 481 g/mol. The molecule has 0 aliphatic carbocycles. The number of aryl methyl sites for hydroxylation is 3. The van der Waals surface area contributed by atoms with Gasteiger partial charge in [-0.3, -0.25) is 4.99 Å². The van der Waals surface area contributed by atoms with Gasteiger partial charge < -0.3 is 24.5 Å². The molecule has 6 nitrogen and oxygen atoms in total. The number of nitrogens with one attached hydrogen (secondary N) is 2. The highest BCUT2D eigenvalue weighted by Gasteiger charge is 2.17. The number of nitrogens with zero attached hydrogens (tertiary/aromatic N) is 1. The van der Waals surface area contributed by atoms with Crippen molar-refractivity contribution in [3.63, 3.8) is 0 Å². The lowest BCUT2D eigenvalue weighted by molar-refractivity contribution is 0.166. The third-order valence-electron chi connectivity index (χ3n) is 4.98. The van der Waals surface area contributed by atoms with Crippen LogP contribution in [0.4, 0.5) is 0 Å². The second kappa shape index (κ2) is 11.4. The summed E-state index contributed by atoms with van der Waals surface area (Å²) in [6.45, 7) is 9.66. The zero-order valence-corrected chi connectivity index (χ0v) is 20.0. The molecule has 160 valence electrons. The van der Waals surface area contributed by atoms with Gasteiger partial charge >= 0.3 is 0 Å². The molecule has 0 radical (unpaired) electrons. The van der Waals surface area contributed by atoms with E-state index in [0.29, 0.717) is 25.6 Å². The molecule has 1 saturated heterocycles. The first-order valence-electron chi connectivity index (χ1n) is 9.85. The van der Waals surface area contributed by atoms with Crippen molar-refractivity contribution in [3.8, 4) is 5.75 Å². The van der Waals surface area contributed by atoms with Crippen LogP contribution in [-0.4, -0.2) is 32.8 Å². The summed E-state index contributed by atoms with van der Waals surface area (Å²) in [6, 6.07) is 8.37. The summed E-state index contributed by atoms with van der Waals surface area (Å²) in [4.78, 5) is 4.32. The summed E-state index contributed by atoms with van der Waals surface area (Å²) in [5.74, 6) is 4.01. The topological polar surface area (TPSA) is 68.0 Å². The Hall–Kier alpha value is -1.74. The minimum absolute atomic E-state index is 0. The fourth-order valence-corrected chi connectivity index (χ4v) is 3.30. The molecule has 29 heavy (non-hydrogen) atoms. The van der Waals surface area contributed by atoms with Gasteiger partial charge in [-0.05, 0) is 44.9 Å².